The summed E-state index contributed by atoms with van der Waals surface area (Å²) in [5.74, 6) is 1.77. The molecule has 8 aromatic rings. The molecule has 0 radical (unpaired) electrons. The Labute approximate surface area is 254 Å². The second-order valence-electron chi connectivity index (χ2n) is 11.6. The third-order valence-electron chi connectivity index (χ3n) is 9.40. The average molecular weight is 561 g/mol. The minimum absolute atomic E-state index is 0.553. The molecule has 1 atom stereocenters. The zero-order valence-corrected chi connectivity index (χ0v) is 23.6. The molecule has 2 aliphatic rings. The Kier molecular flexibility index (Phi) is 4.62. The van der Waals surface area contributed by atoms with Crippen LogP contribution in [0.1, 0.15) is 22.5 Å². The Hall–Kier alpha value is -5.87. The van der Waals surface area contributed by atoms with E-state index in [0.717, 1.165) is 50.4 Å². The first-order valence-electron chi connectivity index (χ1n) is 15.0. The molecule has 1 aliphatic carbocycles. The van der Waals surface area contributed by atoms with Crippen LogP contribution >= 0.6 is 0 Å². The Morgan fingerprint density at radius 2 is 1.16 bits per heavy atom. The molecule has 204 valence electrons. The fourth-order valence-electron chi connectivity index (χ4n) is 7.68. The number of aromatic nitrogens is 4. The highest BCUT2D eigenvalue weighted by Gasteiger charge is 2.54. The van der Waals surface area contributed by atoms with E-state index in [2.05, 4.69) is 126 Å². The van der Waals surface area contributed by atoms with Crippen molar-refractivity contribution in [3.8, 4) is 39.5 Å². The number of rotatable bonds is 2. The highest BCUT2D eigenvalue weighted by atomic mass is 15.1. The molecule has 4 heteroatoms. The normalized spacial score (nSPS) is 15.8. The Morgan fingerprint density at radius 1 is 0.477 bits per heavy atom. The number of nitrogens with zero attached hydrogens (tertiary/aromatic N) is 4. The standard InChI is InChI=1S/C40H24N4/c1-2-13-25(14-3-1)38-41-32-21-8-5-16-27(32)37(43-38)28-17-12-20-31-36(28)26-15-4-6-18-29(26)40(31)30-19-7-10-23-34(30)44-35-24-11-9-22-33(35)42-39(40)44/h1-24H. The van der Waals surface area contributed by atoms with Gasteiger partial charge in [0.15, 0.2) is 5.82 Å². The van der Waals surface area contributed by atoms with Crippen molar-refractivity contribution in [1.29, 1.82) is 0 Å². The zero-order valence-electron chi connectivity index (χ0n) is 23.6. The molecule has 0 bridgehead atoms. The van der Waals surface area contributed by atoms with Crippen molar-refractivity contribution in [3.63, 3.8) is 0 Å². The quantitative estimate of drug-likeness (QED) is 0.212. The van der Waals surface area contributed by atoms with Crippen molar-refractivity contribution in [1.82, 2.24) is 19.5 Å². The van der Waals surface area contributed by atoms with E-state index in [4.69, 9.17) is 15.0 Å². The lowest BCUT2D eigenvalue weighted by atomic mass is 9.73. The number of hydrogen-bond donors (Lipinski definition) is 0. The van der Waals surface area contributed by atoms with Gasteiger partial charge in [-0.2, -0.15) is 0 Å². The van der Waals surface area contributed by atoms with Gasteiger partial charge >= 0.3 is 0 Å². The van der Waals surface area contributed by atoms with Gasteiger partial charge in [0.2, 0.25) is 0 Å². The first-order valence-corrected chi connectivity index (χ1v) is 15.0. The van der Waals surface area contributed by atoms with Gasteiger partial charge in [-0.25, -0.2) is 15.0 Å². The maximum atomic E-state index is 5.38. The fraction of sp³-hybridized carbons (Fsp3) is 0.0250. The average Bonchev–Trinajstić information content (AvgIpc) is 3.72. The third kappa shape index (κ3) is 2.89. The smallest absolute Gasteiger partial charge is 0.160 e. The largest absolute Gasteiger partial charge is 0.295 e. The lowest BCUT2D eigenvalue weighted by molar-refractivity contribution is 0.738. The summed E-state index contributed by atoms with van der Waals surface area (Å²) in [4.78, 5) is 15.7. The number of benzene rings is 6. The summed E-state index contributed by atoms with van der Waals surface area (Å²) >= 11 is 0. The van der Waals surface area contributed by atoms with E-state index >= 15 is 0 Å². The molecule has 0 saturated heterocycles. The summed E-state index contributed by atoms with van der Waals surface area (Å²) in [5, 5.41) is 1.04. The monoisotopic (exact) mass is 560 g/mol. The molecule has 44 heavy (non-hydrogen) atoms. The van der Waals surface area contributed by atoms with Crippen molar-refractivity contribution >= 4 is 21.9 Å². The summed E-state index contributed by atoms with van der Waals surface area (Å²) in [6.07, 6.45) is 0. The summed E-state index contributed by atoms with van der Waals surface area (Å²) in [5.41, 5.74) is 12.9. The van der Waals surface area contributed by atoms with Gasteiger partial charge in [0.25, 0.3) is 0 Å². The summed E-state index contributed by atoms with van der Waals surface area (Å²) in [6, 6.07) is 51.5. The number of imidazole rings is 1. The molecule has 2 aromatic heterocycles. The Balaban J connectivity index is 1.35. The first-order chi connectivity index (χ1) is 21.8. The molecule has 3 heterocycles. The predicted molar refractivity (Wildman–Crippen MR) is 176 cm³/mol. The van der Waals surface area contributed by atoms with Gasteiger partial charge in [-0.3, -0.25) is 4.57 Å². The molecule has 0 saturated carbocycles. The molecule has 6 aromatic carbocycles. The van der Waals surface area contributed by atoms with Gasteiger partial charge < -0.3 is 0 Å². The second kappa shape index (κ2) is 8.59. The van der Waals surface area contributed by atoms with E-state index in [-0.39, 0.29) is 0 Å². The maximum Gasteiger partial charge on any atom is 0.160 e. The van der Waals surface area contributed by atoms with Crippen molar-refractivity contribution in [2.45, 2.75) is 5.41 Å². The van der Waals surface area contributed by atoms with E-state index in [1.807, 2.05) is 24.3 Å². The maximum absolute atomic E-state index is 5.38. The van der Waals surface area contributed by atoms with Crippen LogP contribution in [0.25, 0.3) is 61.4 Å². The predicted octanol–water partition coefficient (Wildman–Crippen LogP) is 8.98. The molecule has 1 spiro atoms. The van der Waals surface area contributed by atoms with Crippen LogP contribution in [0.3, 0.4) is 0 Å². The molecular formula is C40H24N4. The second-order valence-corrected chi connectivity index (χ2v) is 11.6. The van der Waals surface area contributed by atoms with Gasteiger partial charge in [0.1, 0.15) is 11.2 Å². The third-order valence-corrected chi connectivity index (χ3v) is 9.40. The Morgan fingerprint density at radius 3 is 2.07 bits per heavy atom. The summed E-state index contributed by atoms with van der Waals surface area (Å²) in [7, 11) is 0. The Bertz CT molecular complexity index is 2460. The van der Waals surface area contributed by atoms with E-state index in [1.54, 1.807) is 0 Å². The van der Waals surface area contributed by atoms with Crippen molar-refractivity contribution in [3.05, 3.63) is 168 Å². The highest BCUT2D eigenvalue weighted by molar-refractivity contribution is 6.02. The van der Waals surface area contributed by atoms with Crippen molar-refractivity contribution < 1.29 is 0 Å². The van der Waals surface area contributed by atoms with Crippen LogP contribution in [0.4, 0.5) is 0 Å². The fourth-order valence-corrected chi connectivity index (χ4v) is 7.68. The van der Waals surface area contributed by atoms with Gasteiger partial charge in [-0.05, 0) is 52.1 Å². The van der Waals surface area contributed by atoms with E-state index in [1.165, 1.54) is 33.5 Å². The lowest BCUT2D eigenvalue weighted by Crippen LogP contribution is -2.27. The molecule has 0 fully saturated rings. The molecule has 10 rings (SSSR count). The van der Waals surface area contributed by atoms with Crippen LogP contribution in [0, 0.1) is 0 Å². The summed E-state index contributed by atoms with van der Waals surface area (Å²) in [6.45, 7) is 0. The molecule has 4 nitrogen and oxygen atoms in total. The highest BCUT2D eigenvalue weighted by Crippen LogP contribution is 2.62. The first kappa shape index (κ1) is 23.7. The number of hydrogen-bond acceptors (Lipinski definition) is 3. The van der Waals surface area contributed by atoms with Gasteiger partial charge in [0.05, 0.1) is 27.9 Å². The molecular weight excluding hydrogens is 536 g/mol. The minimum atomic E-state index is -0.553. The number of fused-ring (bicyclic) bond motifs is 13. The van der Waals surface area contributed by atoms with E-state index < -0.39 is 5.41 Å². The van der Waals surface area contributed by atoms with Crippen LogP contribution in [0.15, 0.2) is 146 Å². The molecule has 1 aliphatic heterocycles. The van der Waals surface area contributed by atoms with Crippen LogP contribution in [0.2, 0.25) is 0 Å². The zero-order chi connectivity index (χ0) is 28.8. The minimum Gasteiger partial charge on any atom is -0.295 e. The SMILES string of the molecule is c1ccc(-c2nc(-c3cccc4c3-c3ccccc3C43c4ccccc4-n4c3nc3ccccc34)c3ccccc3n2)cc1. The van der Waals surface area contributed by atoms with Gasteiger partial charge in [-0.1, -0.05) is 121 Å². The van der Waals surface area contributed by atoms with Gasteiger partial charge in [-0.15, -0.1) is 0 Å². The molecule has 0 N–H and O–H groups in total. The van der Waals surface area contributed by atoms with Crippen LogP contribution in [-0.2, 0) is 5.41 Å². The van der Waals surface area contributed by atoms with Gasteiger partial charge in [0, 0.05) is 16.5 Å². The van der Waals surface area contributed by atoms with Crippen molar-refractivity contribution in [2.24, 2.45) is 0 Å². The van der Waals surface area contributed by atoms with E-state index in [0.29, 0.717) is 0 Å². The molecule has 0 amide bonds. The molecule has 1 unspecified atom stereocenters. The number of para-hydroxylation sites is 4. The lowest BCUT2D eigenvalue weighted by Gasteiger charge is -2.27. The van der Waals surface area contributed by atoms with Crippen molar-refractivity contribution in [2.75, 3.05) is 0 Å². The van der Waals surface area contributed by atoms with Crippen LogP contribution in [-0.4, -0.2) is 19.5 Å². The summed E-state index contributed by atoms with van der Waals surface area (Å²) < 4.78 is 2.37. The van der Waals surface area contributed by atoms with Crippen LogP contribution < -0.4 is 0 Å². The van der Waals surface area contributed by atoms with Crippen LogP contribution in [0.5, 0.6) is 0 Å². The topological polar surface area (TPSA) is 43.6 Å². The van der Waals surface area contributed by atoms with E-state index in [9.17, 15) is 0 Å².